The molecule has 142 valence electrons. The van der Waals surface area contributed by atoms with Gasteiger partial charge in [-0.05, 0) is 43.8 Å². The smallest absolute Gasteiger partial charge is 0.179 e. The van der Waals surface area contributed by atoms with E-state index < -0.39 is 16.6 Å². The van der Waals surface area contributed by atoms with E-state index >= 15 is 0 Å². The second kappa shape index (κ2) is 5.94. The minimum Gasteiger partial charge on any atom is -0.294 e. The lowest BCUT2D eigenvalue weighted by Gasteiger charge is -2.53. The lowest BCUT2D eigenvalue weighted by molar-refractivity contribution is -0.139. The third kappa shape index (κ3) is 1.96. The van der Waals surface area contributed by atoms with Gasteiger partial charge in [0.05, 0.1) is 0 Å². The van der Waals surface area contributed by atoms with E-state index in [0.717, 1.165) is 31.3 Å². The van der Waals surface area contributed by atoms with Crippen LogP contribution in [0.5, 0.6) is 0 Å². The Morgan fingerprint density at radius 2 is 1.32 bits per heavy atom. The van der Waals surface area contributed by atoms with Crippen LogP contribution >= 0.6 is 0 Å². The summed E-state index contributed by atoms with van der Waals surface area (Å²) in [5.41, 5.74) is -1.57. The van der Waals surface area contributed by atoms with Crippen LogP contribution in [0.3, 0.4) is 0 Å². The molecule has 2 atom stereocenters. The molecule has 0 N–H and O–H groups in total. The number of Topliss-reactive ketones (excluding diaryl/α,β-unsaturated/α-hetero) is 2. The van der Waals surface area contributed by atoms with Crippen LogP contribution in [0.15, 0.2) is 48.1 Å². The van der Waals surface area contributed by atoms with Gasteiger partial charge in [0, 0.05) is 11.1 Å². The van der Waals surface area contributed by atoms with Crippen LogP contribution in [0, 0.1) is 16.7 Å². The van der Waals surface area contributed by atoms with Crippen LogP contribution < -0.4 is 0 Å². The van der Waals surface area contributed by atoms with Gasteiger partial charge in [-0.25, -0.2) is 0 Å². The number of benzene rings is 1. The molecule has 1 saturated carbocycles. The lowest BCUT2D eigenvalue weighted by atomic mass is 9.43. The van der Waals surface area contributed by atoms with Gasteiger partial charge in [0.2, 0.25) is 0 Å². The predicted octanol–water partition coefficient (Wildman–Crippen LogP) is 4.05. The molecule has 0 saturated heterocycles. The molecule has 4 nitrogen and oxygen atoms in total. The highest BCUT2D eigenvalue weighted by Gasteiger charge is 2.71. The topological polar surface area (TPSA) is 68.3 Å². The van der Waals surface area contributed by atoms with Gasteiger partial charge in [0.15, 0.2) is 23.1 Å². The normalized spacial score (nSPS) is 32.5. The Kier molecular flexibility index (Phi) is 3.71. The molecule has 5 rings (SSSR count). The molecule has 0 bridgehead atoms. The zero-order chi connectivity index (χ0) is 19.5. The molecule has 0 aromatic heterocycles. The molecule has 0 heterocycles. The van der Waals surface area contributed by atoms with E-state index in [1.807, 2.05) is 6.08 Å². The SMILES string of the molecule is O=C1C=CC(=O)C23CC(C4CCCCC4)=CCC12C(=O)c1ccccc1C3=O. The average Bonchev–Trinajstić information content (AvgIpc) is 2.75. The van der Waals surface area contributed by atoms with Crippen molar-refractivity contribution < 1.29 is 19.2 Å². The van der Waals surface area contributed by atoms with E-state index in [1.54, 1.807) is 24.3 Å². The number of hydrogen-bond acceptors (Lipinski definition) is 4. The Bertz CT molecular complexity index is 992. The summed E-state index contributed by atoms with van der Waals surface area (Å²) in [6.07, 6.45) is 10.4. The maximum Gasteiger partial charge on any atom is 0.179 e. The first-order chi connectivity index (χ1) is 13.5. The van der Waals surface area contributed by atoms with Crippen molar-refractivity contribution in [1.29, 1.82) is 0 Å². The van der Waals surface area contributed by atoms with Crippen molar-refractivity contribution in [2.45, 2.75) is 44.9 Å². The summed E-state index contributed by atoms with van der Waals surface area (Å²) in [6, 6.07) is 6.62. The van der Waals surface area contributed by atoms with E-state index in [0.29, 0.717) is 5.92 Å². The third-order valence-corrected chi connectivity index (χ3v) is 7.42. The molecular weight excluding hydrogens is 352 g/mol. The highest BCUT2D eigenvalue weighted by molar-refractivity contribution is 6.37. The van der Waals surface area contributed by atoms with E-state index in [1.165, 1.54) is 18.6 Å². The Hall–Kier alpha value is -2.62. The fourth-order valence-corrected chi connectivity index (χ4v) is 5.94. The fourth-order valence-electron chi connectivity index (χ4n) is 5.94. The summed E-state index contributed by atoms with van der Waals surface area (Å²) in [5, 5.41) is 0. The Morgan fingerprint density at radius 1 is 0.750 bits per heavy atom. The molecule has 4 heteroatoms. The second-order valence-corrected chi connectivity index (χ2v) is 8.57. The Labute approximate surface area is 163 Å². The summed E-state index contributed by atoms with van der Waals surface area (Å²) < 4.78 is 0. The van der Waals surface area contributed by atoms with Crippen LogP contribution in [-0.2, 0) is 9.59 Å². The molecular formula is C24H22O4. The van der Waals surface area contributed by atoms with Crippen molar-refractivity contribution in [2.24, 2.45) is 16.7 Å². The first kappa shape index (κ1) is 17.5. The average molecular weight is 374 g/mol. The molecule has 4 aliphatic carbocycles. The molecule has 28 heavy (non-hydrogen) atoms. The number of carbonyl (C=O) groups is 4. The first-order valence-corrected chi connectivity index (χ1v) is 10.2. The van der Waals surface area contributed by atoms with Crippen molar-refractivity contribution in [3.05, 3.63) is 59.2 Å². The molecule has 4 aliphatic rings. The lowest BCUT2D eigenvalue weighted by Crippen LogP contribution is -2.65. The molecule has 1 aromatic rings. The first-order valence-electron chi connectivity index (χ1n) is 10.2. The number of fused-ring (bicyclic) bond motifs is 1. The molecule has 1 aromatic carbocycles. The third-order valence-electron chi connectivity index (χ3n) is 7.42. The molecule has 0 spiro atoms. The van der Waals surface area contributed by atoms with Gasteiger partial charge in [-0.3, -0.25) is 19.2 Å². The monoisotopic (exact) mass is 374 g/mol. The van der Waals surface area contributed by atoms with Gasteiger partial charge < -0.3 is 0 Å². The molecule has 0 aliphatic heterocycles. The van der Waals surface area contributed by atoms with Crippen LogP contribution in [0.1, 0.15) is 65.7 Å². The Balaban J connectivity index is 1.74. The van der Waals surface area contributed by atoms with Crippen molar-refractivity contribution >= 4 is 23.1 Å². The van der Waals surface area contributed by atoms with Crippen molar-refractivity contribution in [3.63, 3.8) is 0 Å². The Morgan fingerprint density at radius 3 is 1.96 bits per heavy atom. The quantitative estimate of drug-likeness (QED) is 0.549. The van der Waals surface area contributed by atoms with E-state index in [4.69, 9.17) is 0 Å². The van der Waals surface area contributed by atoms with Gasteiger partial charge in [-0.1, -0.05) is 55.2 Å². The van der Waals surface area contributed by atoms with Gasteiger partial charge in [-0.2, -0.15) is 0 Å². The summed E-state index contributed by atoms with van der Waals surface area (Å²) in [4.78, 5) is 53.8. The standard InChI is InChI=1S/C24H22O4/c25-19-10-11-20(26)24-14-16(15-6-2-1-3-7-15)12-13-23(19,24)21(27)17-8-4-5-9-18(17)22(24)28/h4-5,8-12,15H,1-3,6-7,13-14H2. The summed E-state index contributed by atoms with van der Waals surface area (Å²) in [7, 11) is 0. The zero-order valence-corrected chi connectivity index (χ0v) is 15.7. The number of carbonyl (C=O) groups excluding carboxylic acids is 4. The highest BCUT2D eigenvalue weighted by Crippen LogP contribution is 2.60. The van der Waals surface area contributed by atoms with Crippen molar-refractivity contribution in [3.8, 4) is 0 Å². The minimum absolute atomic E-state index is 0.145. The van der Waals surface area contributed by atoms with Gasteiger partial charge in [0.25, 0.3) is 0 Å². The largest absolute Gasteiger partial charge is 0.294 e. The maximum absolute atomic E-state index is 13.7. The fraction of sp³-hybridized carbons (Fsp3) is 0.417. The number of allylic oxidation sites excluding steroid dienone is 4. The van der Waals surface area contributed by atoms with Crippen molar-refractivity contribution in [1.82, 2.24) is 0 Å². The minimum atomic E-state index is -1.61. The molecule has 1 fully saturated rings. The summed E-state index contributed by atoms with van der Waals surface area (Å²) in [6.45, 7) is 0. The molecule has 2 unspecified atom stereocenters. The van der Waals surface area contributed by atoms with Gasteiger partial charge >= 0.3 is 0 Å². The van der Waals surface area contributed by atoms with E-state index in [9.17, 15) is 19.2 Å². The van der Waals surface area contributed by atoms with Crippen molar-refractivity contribution in [2.75, 3.05) is 0 Å². The summed E-state index contributed by atoms with van der Waals surface area (Å²) in [5.74, 6) is -1.17. The highest BCUT2D eigenvalue weighted by atomic mass is 16.2. The number of ketones is 4. The zero-order valence-electron chi connectivity index (χ0n) is 15.7. The number of rotatable bonds is 1. The second-order valence-electron chi connectivity index (χ2n) is 8.57. The van der Waals surface area contributed by atoms with E-state index in [-0.39, 0.29) is 41.3 Å². The summed E-state index contributed by atoms with van der Waals surface area (Å²) >= 11 is 0. The predicted molar refractivity (Wildman–Crippen MR) is 103 cm³/mol. The maximum atomic E-state index is 13.7. The van der Waals surface area contributed by atoms with E-state index in [2.05, 4.69) is 0 Å². The van der Waals surface area contributed by atoms with Crippen LogP contribution in [0.25, 0.3) is 0 Å². The van der Waals surface area contributed by atoms with Crippen LogP contribution in [0.4, 0.5) is 0 Å². The number of hydrogen-bond donors (Lipinski definition) is 0. The van der Waals surface area contributed by atoms with Gasteiger partial charge in [-0.15, -0.1) is 0 Å². The molecule has 0 amide bonds. The van der Waals surface area contributed by atoms with Crippen LogP contribution in [-0.4, -0.2) is 23.1 Å². The van der Waals surface area contributed by atoms with Crippen LogP contribution in [0.2, 0.25) is 0 Å². The molecule has 0 radical (unpaired) electrons. The van der Waals surface area contributed by atoms with Gasteiger partial charge in [0.1, 0.15) is 10.8 Å².